The SMILES string of the molecule is Cc1cc(C(C)(C)c2ccc(OC[C@H](O)Cn3nncc3CO)cc2)ccc1OC[C@@H](O)CCl. The lowest BCUT2D eigenvalue weighted by atomic mass is 9.77. The molecule has 0 amide bonds. The van der Waals surface area contributed by atoms with Crippen LogP contribution >= 0.6 is 11.6 Å². The number of alkyl halides is 1. The quantitative estimate of drug-likeness (QED) is 0.335. The van der Waals surface area contributed by atoms with Crippen LogP contribution in [0.5, 0.6) is 11.5 Å². The van der Waals surface area contributed by atoms with Crippen LogP contribution in [0.2, 0.25) is 0 Å². The molecule has 0 unspecified atom stereocenters. The van der Waals surface area contributed by atoms with Gasteiger partial charge in [-0.3, -0.25) is 0 Å². The Kier molecular flexibility index (Phi) is 8.90. The van der Waals surface area contributed by atoms with E-state index in [0.29, 0.717) is 11.4 Å². The largest absolute Gasteiger partial charge is 0.491 e. The van der Waals surface area contributed by atoms with E-state index in [1.54, 1.807) is 0 Å². The first kappa shape index (κ1) is 26.0. The van der Waals surface area contributed by atoms with Gasteiger partial charge in [-0.05, 0) is 41.8 Å². The molecule has 1 aromatic heterocycles. The van der Waals surface area contributed by atoms with Crippen LogP contribution in [-0.2, 0) is 18.6 Å². The second kappa shape index (κ2) is 11.7. The molecule has 0 saturated carbocycles. The Morgan fingerprint density at radius 1 is 1.00 bits per heavy atom. The Hall–Kier alpha value is -2.65. The van der Waals surface area contributed by atoms with Crippen LogP contribution in [0.1, 0.15) is 36.2 Å². The third-order valence-corrected chi connectivity index (χ3v) is 6.12. The zero-order valence-electron chi connectivity index (χ0n) is 19.7. The van der Waals surface area contributed by atoms with Gasteiger partial charge in [0.1, 0.15) is 36.9 Å². The Bertz CT molecular complexity index is 1050. The minimum Gasteiger partial charge on any atom is -0.491 e. The number of aryl methyl sites for hydroxylation is 1. The molecular weight excluding hydrogens is 458 g/mol. The highest BCUT2D eigenvalue weighted by molar-refractivity contribution is 6.18. The zero-order valence-corrected chi connectivity index (χ0v) is 20.4. The number of rotatable bonds is 12. The fourth-order valence-electron chi connectivity index (χ4n) is 3.56. The Morgan fingerprint density at radius 2 is 1.68 bits per heavy atom. The predicted octanol–water partition coefficient (Wildman–Crippen LogP) is 2.82. The fourth-order valence-corrected chi connectivity index (χ4v) is 3.65. The van der Waals surface area contributed by atoms with Gasteiger partial charge >= 0.3 is 0 Å². The van der Waals surface area contributed by atoms with Crippen molar-refractivity contribution in [2.75, 3.05) is 19.1 Å². The summed E-state index contributed by atoms with van der Waals surface area (Å²) < 4.78 is 12.9. The van der Waals surface area contributed by atoms with E-state index in [1.807, 2.05) is 43.3 Å². The zero-order chi connectivity index (χ0) is 24.7. The molecule has 9 heteroatoms. The van der Waals surface area contributed by atoms with E-state index in [0.717, 1.165) is 22.4 Å². The second-order valence-electron chi connectivity index (χ2n) is 8.78. The molecule has 0 aliphatic heterocycles. The summed E-state index contributed by atoms with van der Waals surface area (Å²) in [5.41, 5.74) is 3.50. The lowest BCUT2D eigenvalue weighted by Crippen LogP contribution is -2.25. The van der Waals surface area contributed by atoms with E-state index in [2.05, 4.69) is 30.2 Å². The number of hydrogen-bond acceptors (Lipinski definition) is 7. The number of halogens is 1. The second-order valence-corrected chi connectivity index (χ2v) is 9.09. The third kappa shape index (κ3) is 6.48. The van der Waals surface area contributed by atoms with Crippen molar-refractivity contribution in [3.8, 4) is 11.5 Å². The average Bonchev–Trinajstić information content (AvgIpc) is 3.28. The van der Waals surface area contributed by atoms with E-state index < -0.39 is 12.2 Å². The molecular formula is C25H32ClN3O5. The fraction of sp³-hybridized carbons (Fsp3) is 0.440. The van der Waals surface area contributed by atoms with Crippen molar-refractivity contribution in [2.24, 2.45) is 0 Å². The van der Waals surface area contributed by atoms with Crippen LogP contribution < -0.4 is 9.47 Å². The van der Waals surface area contributed by atoms with Gasteiger partial charge in [0.05, 0.1) is 30.9 Å². The van der Waals surface area contributed by atoms with E-state index in [4.69, 9.17) is 21.1 Å². The lowest BCUT2D eigenvalue weighted by Gasteiger charge is -2.27. The molecule has 0 aliphatic rings. The lowest BCUT2D eigenvalue weighted by molar-refractivity contribution is 0.0866. The Labute approximate surface area is 204 Å². The summed E-state index contributed by atoms with van der Waals surface area (Å²) in [6.07, 6.45) is -0.0285. The molecule has 0 saturated heterocycles. The maximum Gasteiger partial charge on any atom is 0.122 e. The summed E-state index contributed by atoms with van der Waals surface area (Å²) in [6, 6.07) is 13.8. The molecule has 184 valence electrons. The van der Waals surface area contributed by atoms with Gasteiger partial charge < -0.3 is 24.8 Å². The molecule has 2 atom stereocenters. The minimum atomic E-state index is -0.794. The van der Waals surface area contributed by atoms with Gasteiger partial charge in [-0.15, -0.1) is 16.7 Å². The topological polar surface area (TPSA) is 110 Å². The van der Waals surface area contributed by atoms with Crippen molar-refractivity contribution in [1.82, 2.24) is 15.0 Å². The first-order valence-electron chi connectivity index (χ1n) is 11.1. The maximum atomic E-state index is 10.2. The van der Waals surface area contributed by atoms with Crippen LogP contribution in [-0.4, -0.2) is 61.6 Å². The van der Waals surface area contributed by atoms with E-state index in [1.165, 1.54) is 10.9 Å². The van der Waals surface area contributed by atoms with Crippen molar-refractivity contribution in [3.63, 3.8) is 0 Å². The van der Waals surface area contributed by atoms with Crippen LogP contribution in [0.3, 0.4) is 0 Å². The minimum absolute atomic E-state index is 0.0898. The van der Waals surface area contributed by atoms with Gasteiger partial charge in [0.15, 0.2) is 0 Å². The number of aliphatic hydroxyl groups excluding tert-OH is 3. The summed E-state index contributed by atoms with van der Waals surface area (Å²) in [4.78, 5) is 0. The Morgan fingerprint density at radius 3 is 2.32 bits per heavy atom. The van der Waals surface area contributed by atoms with Gasteiger partial charge in [0, 0.05) is 5.41 Å². The smallest absolute Gasteiger partial charge is 0.122 e. The highest BCUT2D eigenvalue weighted by Gasteiger charge is 2.24. The number of benzene rings is 2. The molecule has 1 heterocycles. The number of nitrogens with zero attached hydrogens (tertiary/aromatic N) is 3. The summed E-state index contributed by atoms with van der Waals surface area (Å²) in [6.45, 7) is 6.52. The predicted molar refractivity (Wildman–Crippen MR) is 129 cm³/mol. The molecule has 0 spiro atoms. The average molecular weight is 490 g/mol. The molecule has 34 heavy (non-hydrogen) atoms. The molecule has 0 radical (unpaired) electrons. The number of hydrogen-bond donors (Lipinski definition) is 3. The molecule has 3 rings (SSSR count). The van der Waals surface area contributed by atoms with Gasteiger partial charge in [0.2, 0.25) is 0 Å². The van der Waals surface area contributed by atoms with E-state index in [9.17, 15) is 15.3 Å². The molecule has 2 aromatic carbocycles. The number of aliphatic hydroxyl groups is 3. The van der Waals surface area contributed by atoms with Crippen LogP contribution in [0.15, 0.2) is 48.7 Å². The van der Waals surface area contributed by atoms with Crippen LogP contribution in [0, 0.1) is 6.92 Å². The third-order valence-electron chi connectivity index (χ3n) is 5.77. The van der Waals surface area contributed by atoms with Gasteiger partial charge in [-0.2, -0.15) is 0 Å². The van der Waals surface area contributed by atoms with E-state index in [-0.39, 0.29) is 37.7 Å². The summed E-state index contributed by atoms with van der Waals surface area (Å²) in [7, 11) is 0. The van der Waals surface area contributed by atoms with Crippen molar-refractivity contribution in [1.29, 1.82) is 0 Å². The first-order valence-corrected chi connectivity index (χ1v) is 11.7. The summed E-state index contributed by atoms with van der Waals surface area (Å²) >= 11 is 5.63. The Balaban J connectivity index is 1.61. The van der Waals surface area contributed by atoms with Crippen LogP contribution in [0.4, 0.5) is 0 Å². The van der Waals surface area contributed by atoms with Crippen molar-refractivity contribution < 1.29 is 24.8 Å². The molecule has 3 N–H and O–H groups in total. The highest BCUT2D eigenvalue weighted by atomic mass is 35.5. The summed E-state index contributed by atoms with van der Waals surface area (Å²) in [5, 5.41) is 36.7. The van der Waals surface area contributed by atoms with Gasteiger partial charge in [-0.25, -0.2) is 4.68 Å². The maximum absolute atomic E-state index is 10.2. The van der Waals surface area contributed by atoms with Gasteiger partial charge in [-0.1, -0.05) is 43.3 Å². The molecule has 8 nitrogen and oxygen atoms in total. The first-order chi connectivity index (χ1) is 16.2. The van der Waals surface area contributed by atoms with Gasteiger partial charge in [0.25, 0.3) is 0 Å². The van der Waals surface area contributed by atoms with E-state index >= 15 is 0 Å². The number of aromatic nitrogens is 3. The number of ether oxygens (including phenoxy) is 2. The van der Waals surface area contributed by atoms with Crippen molar-refractivity contribution in [3.05, 3.63) is 71.0 Å². The molecule has 3 aromatic rings. The summed E-state index contributed by atoms with van der Waals surface area (Å²) in [5.74, 6) is 1.51. The molecule has 0 fully saturated rings. The molecule has 0 aliphatic carbocycles. The monoisotopic (exact) mass is 489 g/mol. The molecule has 0 bridgehead atoms. The van der Waals surface area contributed by atoms with Crippen molar-refractivity contribution >= 4 is 11.6 Å². The normalized spacial score (nSPS) is 13.5. The van der Waals surface area contributed by atoms with Crippen molar-refractivity contribution in [2.45, 2.75) is 51.5 Å². The van der Waals surface area contributed by atoms with Crippen LogP contribution in [0.25, 0.3) is 0 Å². The standard InChI is InChI=1S/C25H32ClN3O5/c1-17-10-19(6-9-24(17)34-15-21(31)11-26)25(2,3)18-4-7-23(8-5-18)33-16-22(32)13-29-20(14-30)12-27-28-29/h4-10,12,21-22,30-32H,11,13-16H2,1-3H3/t21-,22+/m0/s1. The highest BCUT2D eigenvalue weighted by Crippen LogP contribution is 2.34.